The Bertz CT molecular complexity index is 696. The summed E-state index contributed by atoms with van der Waals surface area (Å²) in [5, 5.41) is 6.26. The number of hydrogen-bond acceptors (Lipinski definition) is 5. The van der Waals surface area contributed by atoms with Crippen LogP contribution in [0.2, 0.25) is 0 Å². The third kappa shape index (κ3) is 2.96. The van der Waals surface area contributed by atoms with Crippen LogP contribution in [0.25, 0.3) is 0 Å². The summed E-state index contributed by atoms with van der Waals surface area (Å²) in [5.74, 6) is -0.210. The highest BCUT2D eigenvalue weighted by atomic mass is 16.1. The van der Waals surface area contributed by atoms with Gasteiger partial charge in [-0.25, -0.2) is 4.98 Å². The van der Waals surface area contributed by atoms with Crippen molar-refractivity contribution in [2.45, 2.75) is 33.4 Å². The Morgan fingerprint density at radius 1 is 1.23 bits per heavy atom. The number of fused-ring (bicyclic) bond motifs is 1. The van der Waals surface area contributed by atoms with Gasteiger partial charge in [0, 0.05) is 31.2 Å². The molecule has 0 saturated heterocycles. The van der Waals surface area contributed by atoms with E-state index in [4.69, 9.17) is 0 Å². The summed E-state index contributed by atoms with van der Waals surface area (Å²) in [4.78, 5) is 24.8. The lowest BCUT2D eigenvalue weighted by Crippen LogP contribution is -2.29. The highest BCUT2D eigenvalue weighted by Gasteiger charge is 2.16. The second-order valence-electron chi connectivity index (χ2n) is 5.48. The number of carbonyl (C=O) groups is 1. The van der Waals surface area contributed by atoms with E-state index in [1.807, 2.05) is 20.0 Å². The molecule has 1 amide bonds. The Morgan fingerprint density at radius 2 is 2.09 bits per heavy atom. The Kier molecular flexibility index (Phi) is 4.11. The smallest absolute Gasteiger partial charge is 0.271 e. The molecular weight excluding hydrogens is 278 g/mol. The summed E-state index contributed by atoms with van der Waals surface area (Å²) in [6, 6.07) is 0. The molecule has 0 fully saturated rings. The summed E-state index contributed by atoms with van der Waals surface area (Å²) < 4.78 is 0. The number of nitrogens with zero attached hydrogens (tertiary/aromatic N) is 3. The van der Waals surface area contributed by atoms with Crippen molar-refractivity contribution in [1.29, 1.82) is 0 Å². The summed E-state index contributed by atoms with van der Waals surface area (Å²) in [5.41, 5.74) is 5.74. The number of aryl methyl sites for hydroxylation is 2. The van der Waals surface area contributed by atoms with E-state index in [1.165, 1.54) is 17.3 Å². The SMILES string of the molecule is Cc1cnc(C(=O)NCc2c(C)ncc3c2CCNC3)cn1. The molecule has 3 rings (SSSR count). The van der Waals surface area contributed by atoms with Crippen molar-refractivity contribution in [2.24, 2.45) is 0 Å². The summed E-state index contributed by atoms with van der Waals surface area (Å²) >= 11 is 0. The van der Waals surface area contributed by atoms with E-state index in [-0.39, 0.29) is 5.91 Å². The second kappa shape index (κ2) is 6.19. The van der Waals surface area contributed by atoms with E-state index in [9.17, 15) is 4.79 Å². The molecule has 0 aliphatic carbocycles. The van der Waals surface area contributed by atoms with Gasteiger partial charge in [0.1, 0.15) is 5.69 Å². The fraction of sp³-hybridized carbons (Fsp3) is 0.375. The van der Waals surface area contributed by atoms with Gasteiger partial charge >= 0.3 is 0 Å². The molecule has 22 heavy (non-hydrogen) atoms. The molecule has 2 aromatic rings. The van der Waals surface area contributed by atoms with Crippen LogP contribution in [0.1, 0.15) is 38.6 Å². The predicted molar refractivity (Wildman–Crippen MR) is 82.3 cm³/mol. The van der Waals surface area contributed by atoms with Crippen molar-refractivity contribution in [3.63, 3.8) is 0 Å². The van der Waals surface area contributed by atoms with Crippen molar-refractivity contribution in [3.05, 3.63) is 52.4 Å². The minimum Gasteiger partial charge on any atom is -0.346 e. The van der Waals surface area contributed by atoms with Gasteiger partial charge in [-0.15, -0.1) is 0 Å². The average molecular weight is 297 g/mol. The van der Waals surface area contributed by atoms with Gasteiger partial charge in [0.2, 0.25) is 0 Å². The average Bonchev–Trinajstić information content (AvgIpc) is 2.54. The number of aromatic nitrogens is 3. The number of rotatable bonds is 3. The van der Waals surface area contributed by atoms with Crippen LogP contribution in [-0.4, -0.2) is 27.4 Å². The normalized spacial score (nSPS) is 13.5. The quantitative estimate of drug-likeness (QED) is 0.885. The van der Waals surface area contributed by atoms with E-state index in [2.05, 4.69) is 25.6 Å². The zero-order valence-electron chi connectivity index (χ0n) is 12.8. The summed E-state index contributed by atoms with van der Waals surface area (Å²) in [6.07, 6.45) is 5.99. The van der Waals surface area contributed by atoms with Crippen LogP contribution in [0.15, 0.2) is 18.6 Å². The van der Waals surface area contributed by atoms with Crippen LogP contribution in [0.5, 0.6) is 0 Å². The molecule has 2 aromatic heterocycles. The fourth-order valence-electron chi connectivity index (χ4n) is 2.65. The Morgan fingerprint density at radius 3 is 2.86 bits per heavy atom. The third-order valence-electron chi connectivity index (χ3n) is 3.91. The molecule has 3 heterocycles. The van der Waals surface area contributed by atoms with Crippen molar-refractivity contribution in [1.82, 2.24) is 25.6 Å². The number of nitrogens with one attached hydrogen (secondary N) is 2. The van der Waals surface area contributed by atoms with E-state index in [1.54, 1.807) is 6.20 Å². The molecular formula is C16H19N5O. The molecule has 6 heteroatoms. The monoisotopic (exact) mass is 297 g/mol. The van der Waals surface area contributed by atoms with E-state index in [0.717, 1.165) is 36.5 Å². The summed E-state index contributed by atoms with van der Waals surface area (Å²) in [6.45, 7) is 6.09. The van der Waals surface area contributed by atoms with Crippen LogP contribution in [0.3, 0.4) is 0 Å². The molecule has 0 bridgehead atoms. The van der Waals surface area contributed by atoms with Gasteiger partial charge < -0.3 is 10.6 Å². The van der Waals surface area contributed by atoms with Crippen LogP contribution in [0, 0.1) is 13.8 Å². The lowest BCUT2D eigenvalue weighted by Gasteiger charge is -2.21. The largest absolute Gasteiger partial charge is 0.346 e. The first-order valence-corrected chi connectivity index (χ1v) is 7.39. The minimum atomic E-state index is -0.210. The minimum absolute atomic E-state index is 0.210. The predicted octanol–water partition coefficient (Wildman–Crippen LogP) is 1.06. The van der Waals surface area contributed by atoms with Gasteiger partial charge in [0.25, 0.3) is 5.91 Å². The lowest BCUT2D eigenvalue weighted by atomic mass is 9.96. The number of carbonyl (C=O) groups excluding carboxylic acids is 1. The molecule has 0 spiro atoms. The molecule has 0 saturated carbocycles. The third-order valence-corrected chi connectivity index (χ3v) is 3.91. The molecule has 0 atom stereocenters. The van der Waals surface area contributed by atoms with E-state index < -0.39 is 0 Å². The zero-order chi connectivity index (χ0) is 15.5. The highest BCUT2D eigenvalue weighted by molar-refractivity contribution is 5.91. The first-order chi connectivity index (χ1) is 10.6. The Labute approximate surface area is 129 Å². The van der Waals surface area contributed by atoms with E-state index in [0.29, 0.717) is 12.2 Å². The van der Waals surface area contributed by atoms with Crippen molar-refractivity contribution in [3.8, 4) is 0 Å². The van der Waals surface area contributed by atoms with Gasteiger partial charge in [-0.2, -0.15) is 0 Å². The van der Waals surface area contributed by atoms with Gasteiger partial charge in [-0.1, -0.05) is 0 Å². The Hall–Kier alpha value is -2.34. The molecule has 0 aromatic carbocycles. The first kappa shape index (κ1) is 14.6. The van der Waals surface area contributed by atoms with Crippen molar-refractivity contribution in [2.75, 3.05) is 6.54 Å². The maximum atomic E-state index is 12.2. The molecule has 2 N–H and O–H groups in total. The van der Waals surface area contributed by atoms with Gasteiger partial charge in [-0.3, -0.25) is 14.8 Å². The molecule has 0 unspecified atom stereocenters. The number of amides is 1. The molecule has 1 aliphatic heterocycles. The standard InChI is InChI=1S/C16H19N5O/c1-10-5-20-15(9-18-10)16(22)21-8-14-11(2)19-7-12-6-17-4-3-13(12)14/h5,7,9,17H,3-4,6,8H2,1-2H3,(H,21,22). The molecule has 114 valence electrons. The van der Waals surface area contributed by atoms with Crippen molar-refractivity contribution < 1.29 is 4.79 Å². The zero-order valence-corrected chi connectivity index (χ0v) is 12.8. The topological polar surface area (TPSA) is 79.8 Å². The molecule has 0 radical (unpaired) electrons. The fourth-order valence-corrected chi connectivity index (χ4v) is 2.65. The van der Waals surface area contributed by atoms with Crippen LogP contribution < -0.4 is 10.6 Å². The number of pyridine rings is 1. The van der Waals surface area contributed by atoms with Crippen LogP contribution >= 0.6 is 0 Å². The second-order valence-corrected chi connectivity index (χ2v) is 5.48. The van der Waals surface area contributed by atoms with Crippen molar-refractivity contribution >= 4 is 5.91 Å². The van der Waals surface area contributed by atoms with Gasteiger partial charge in [0.05, 0.1) is 11.9 Å². The Balaban J connectivity index is 1.76. The lowest BCUT2D eigenvalue weighted by molar-refractivity contribution is 0.0945. The first-order valence-electron chi connectivity index (χ1n) is 7.39. The van der Waals surface area contributed by atoms with Gasteiger partial charge in [-0.05, 0) is 43.5 Å². The summed E-state index contributed by atoms with van der Waals surface area (Å²) in [7, 11) is 0. The maximum absolute atomic E-state index is 12.2. The number of hydrogen-bond donors (Lipinski definition) is 2. The van der Waals surface area contributed by atoms with Crippen LogP contribution in [0.4, 0.5) is 0 Å². The highest BCUT2D eigenvalue weighted by Crippen LogP contribution is 2.20. The van der Waals surface area contributed by atoms with E-state index >= 15 is 0 Å². The van der Waals surface area contributed by atoms with Crippen LogP contribution in [-0.2, 0) is 19.5 Å². The maximum Gasteiger partial charge on any atom is 0.271 e. The molecule has 1 aliphatic rings. The molecule has 6 nitrogen and oxygen atoms in total. The van der Waals surface area contributed by atoms with Gasteiger partial charge in [0.15, 0.2) is 0 Å².